The van der Waals surface area contributed by atoms with Gasteiger partial charge < -0.3 is 5.73 Å². The molecule has 0 fully saturated rings. The Morgan fingerprint density at radius 2 is 2.00 bits per heavy atom. The minimum Gasteiger partial charge on any atom is -0.399 e. The number of Topliss-reactive ketones (excluding diaryl/α,β-unsaturated/α-hetero) is 1. The number of alkyl halides is 4. The SMILES string of the molecule is CC(=O)C(Br)c1cc(N)ccc1C(F)(F)F. The first kappa shape index (κ1) is 13.0. The van der Waals surface area contributed by atoms with Crippen LogP contribution in [0.1, 0.15) is 22.9 Å². The molecule has 16 heavy (non-hydrogen) atoms. The van der Waals surface area contributed by atoms with E-state index in [1.807, 2.05) is 0 Å². The van der Waals surface area contributed by atoms with Gasteiger partial charge in [0.05, 0.1) is 10.4 Å². The average molecular weight is 296 g/mol. The van der Waals surface area contributed by atoms with Gasteiger partial charge in [-0.05, 0) is 30.7 Å². The minimum absolute atomic E-state index is 0.153. The van der Waals surface area contributed by atoms with Gasteiger partial charge in [-0.25, -0.2) is 0 Å². The zero-order chi connectivity index (χ0) is 12.5. The lowest BCUT2D eigenvalue weighted by Gasteiger charge is -2.15. The Bertz CT molecular complexity index is 417. The van der Waals surface area contributed by atoms with Crippen LogP contribution in [0.5, 0.6) is 0 Å². The number of nitrogen functional groups attached to an aromatic ring is 1. The molecule has 0 aliphatic carbocycles. The highest BCUT2D eigenvalue weighted by Gasteiger charge is 2.35. The smallest absolute Gasteiger partial charge is 0.399 e. The number of hydrogen-bond acceptors (Lipinski definition) is 2. The van der Waals surface area contributed by atoms with Crippen LogP contribution in [0.3, 0.4) is 0 Å². The van der Waals surface area contributed by atoms with E-state index in [2.05, 4.69) is 15.9 Å². The van der Waals surface area contributed by atoms with Gasteiger partial charge in [0.15, 0.2) is 0 Å². The second kappa shape index (κ2) is 4.45. The fraction of sp³-hybridized carbons (Fsp3) is 0.300. The highest BCUT2D eigenvalue weighted by Crippen LogP contribution is 2.38. The quantitative estimate of drug-likeness (QED) is 0.672. The molecule has 88 valence electrons. The summed E-state index contributed by atoms with van der Waals surface area (Å²) < 4.78 is 37.9. The third-order valence-corrected chi connectivity index (χ3v) is 3.15. The molecular weight excluding hydrogens is 287 g/mol. The highest BCUT2D eigenvalue weighted by atomic mass is 79.9. The Hall–Kier alpha value is -1.04. The fourth-order valence-electron chi connectivity index (χ4n) is 1.27. The molecular formula is C10H9BrF3NO. The minimum atomic E-state index is -4.50. The van der Waals surface area contributed by atoms with Crippen LogP contribution in [0.4, 0.5) is 18.9 Å². The zero-order valence-electron chi connectivity index (χ0n) is 8.31. The molecule has 0 amide bonds. The number of nitrogens with two attached hydrogens (primary N) is 1. The van der Waals surface area contributed by atoms with Gasteiger partial charge >= 0.3 is 6.18 Å². The van der Waals surface area contributed by atoms with E-state index in [1.165, 1.54) is 6.92 Å². The van der Waals surface area contributed by atoms with E-state index < -0.39 is 22.4 Å². The molecule has 1 aromatic rings. The molecule has 0 saturated carbocycles. The molecule has 0 aliphatic heterocycles. The molecule has 0 bridgehead atoms. The van der Waals surface area contributed by atoms with E-state index in [1.54, 1.807) is 0 Å². The van der Waals surface area contributed by atoms with Crippen molar-refractivity contribution in [1.82, 2.24) is 0 Å². The lowest BCUT2D eigenvalue weighted by Crippen LogP contribution is -2.13. The fourth-order valence-corrected chi connectivity index (χ4v) is 1.65. The van der Waals surface area contributed by atoms with Crippen LogP contribution < -0.4 is 5.73 Å². The van der Waals surface area contributed by atoms with Crippen molar-refractivity contribution in [2.24, 2.45) is 0 Å². The van der Waals surface area contributed by atoms with Crippen LogP contribution in [0, 0.1) is 0 Å². The molecule has 1 aromatic carbocycles. The lowest BCUT2D eigenvalue weighted by molar-refractivity contribution is -0.138. The standard InChI is InChI=1S/C10H9BrF3NO/c1-5(16)9(11)7-4-6(15)2-3-8(7)10(12,13)14/h2-4,9H,15H2,1H3. The molecule has 0 radical (unpaired) electrons. The van der Waals surface area contributed by atoms with Crippen LogP contribution in [-0.2, 0) is 11.0 Å². The first-order valence-electron chi connectivity index (χ1n) is 4.34. The monoisotopic (exact) mass is 295 g/mol. The Labute approximate surface area is 98.8 Å². The highest BCUT2D eigenvalue weighted by molar-refractivity contribution is 9.09. The van der Waals surface area contributed by atoms with Crippen LogP contribution in [0.2, 0.25) is 0 Å². The summed E-state index contributed by atoms with van der Waals surface area (Å²) in [7, 11) is 0. The number of hydrogen-bond donors (Lipinski definition) is 1. The number of anilines is 1. The molecule has 2 N–H and O–H groups in total. The van der Waals surface area contributed by atoms with Crippen molar-refractivity contribution in [1.29, 1.82) is 0 Å². The predicted molar refractivity (Wildman–Crippen MR) is 58.2 cm³/mol. The van der Waals surface area contributed by atoms with Crippen LogP contribution in [0.25, 0.3) is 0 Å². The van der Waals surface area contributed by atoms with E-state index in [0.717, 1.165) is 18.2 Å². The molecule has 0 saturated heterocycles. The second-order valence-corrected chi connectivity index (χ2v) is 4.23. The van der Waals surface area contributed by atoms with Gasteiger partial charge in [0.25, 0.3) is 0 Å². The maximum absolute atomic E-state index is 12.6. The van der Waals surface area contributed by atoms with Crippen LogP contribution >= 0.6 is 15.9 Å². The number of ketones is 1. The summed E-state index contributed by atoms with van der Waals surface area (Å²) in [6.45, 7) is 1.21. The summed E-state index contributed by atoms with van der Waals surface area (Å²) in [6, 6.07) is 3.19. The van der Waals surface area contributed by atoms with Crippen molar-refractivity contribution in [2.75, 3.05) is 5.73 Å². The first-order valence-corrected chi connectivity index (χ1v) is 5.26. The molecule has 0 heterocycles. The van der Waals surface area contributed by atoms with Crippen LogP contribution in [-0.4, -0.2) is 5.78 Å². The van der Waals surface area contributed by atoms with Gasteiger partial charge in [-0.3, -0.25) is 4.79 Å². The van der Waals surface area contributed by atoms with E-state index in [9.17, 15) is 18.0 Å². The average Bonchev–Trinajstić information content (AvgIpc) is 2.14. The van der Waals surface area contributed by atoms with E-state index >= 15 is 0 Å². The van der Waals surface area contributed by atoms with Gasteiger partial charge in [0, 0.05) is 5.69 Å². The summed E-state index contributed by atoms with van der Waals surface area (Å²) in [4.78, 5) is 10.1. The van der Waals surface area contributed by atoms with Crippen LogP contribution in [0.15, 0.2) is 18.2 Å². The van der Waals surface area contributed by atoms with Crippen molar-refractivity contribution in [2.45, 2.75) is 17.9 Å². The second-order valence-electron chi connectivity index (χ2n) is 3.32. The number of benzene rings is 1. The van der Waals surface area contributed by atoms with Gasteiger partial charge in [0.1, 0.15) is 5.78 Å². The zero-order valence-corrected chi connectivity index (χ0v) is 9.89. The van der Waals surface area contributed by atoms with Gasteiger partial charge in [0.2, 0.25) is 0 Å². The summed E-state index contributed by atoms with van der Waals surface area (Å²) in [5, 5.41) is 0. The van der Waals surface area contributed by atoms with Crippen molar-refractivity contribution in [3.63, 3.8) is 0 Å². The molecule has 2 nitrogen and oxygen atoms in total. The maximum Gasteiger partial charge on any atom is 0.416 e. The van der Waals surface area contributed by atoms with Gasteiger partial charge in [-0.15, -0.1) is 0 Å². The topological polar surface area (TPSA) is 43.1 Å². The number of carbonyl (C=O) groups is 1. The number of rotatable bonds is 2. The molecule has 0 aromatic heterocycles. The first-order chi connectivity index (χ1) is 7.23. The Kier molecular flexibility index (Phi) is 3.62. The Morgan fingerprint density at radius 1 is 1.44 bits per heavy atom. The summed E-state index contributed by atoms with van der Waals surface area (Å²) in [5.41, 5.74) is 4.60. The number of carbonyl (C=O) groups excluding carboxylic acids is 1. The molecule has 1 atom stereocenters. The van der Waals surface area contributed by atoms with E-state index in [0.29, 0.717) is 0 Å². The van der Waals surface area contributed by atoms with Gasteiger partial charge in [-0.1, -0.05) is 15.9 Å². The van der Waals surface area contributed by atoms with Crippen molar-refractivity contribution >= 4 is 27.4 Å². The van der Waals surface area contributed by atoms with E-state index in [4.69, 9.17) is 5.73 Å². The third-order valence-electron chi connectivity index (χ3n) is 2.01. The predicted octanol–water partition coefficient (Wildman–Crippen LogP) is 3.31. The third kappa shape index (κ3) is 2.75. The molecule has 1 rings (SSSR count). The van der Waals surface area contributed by atoms with Crippen molar-refractivity contribution in [3.8, 4) is 0 Å². The van der Waals surface area contributed by atoms with Gasteiger partial charge in [-0.2, -0.15) is 13.2 Å². The number of halogens is 4. The van der Waals surface area contributed by atoms with E-state index in [-0.39, 0.29) is 11.3 Å². The maximum atomic E-state index is 12.6. The summed E-state index contributed by atoms with van der Waals surface area (Å²) in [5.74, 6) is -0.406. The van der Waals surface area contributed by atoms with Crippen molar-refractivity contribution < 1.29 is 18.0 Å². The molecule has 0 spiro atoms. The molecule has 1 unspecified atom stereocenters. The lowest BCUT2D eigenvalue weighted by atomic mass is 10.0. The summed E-state index contributed by atoms with van der Waals surface area (Å²) in [6.07, 6.45) is -4.50. The Balaban J connectivity index is 3.35. The van der Waals surface area contributed by atoms with Crippen molar-refractivity contribution in [3.05, 3.63) is 29.3 Å². The largest absolute Gasteiger partial charge is 0.416 e. The molecule has 0 aliphatic rings. The summed E-state index contributed by atoms with van der Waals surface area (Å²) >= 11 is 2.92. The normalized spacial score (nSPS) is 13.6. The Morgan fingerprint density at radius 3 is 2.44 bits per heavy atom. The molecule has 6 heteroatoms.